The molecule has 1 unspecified atom stereocenters. The molecule has 124 valence electrons. The van der Waals surface area contributed by atoms with Crippen molar-refractivity contribution in [2.75, 3.05) is 19.6 Å². The summed E-state index contributed by atoms with van der Waals surface area (Å²) in [7, 11) is 0. The molecule has 1 amide bonds. The molecule has 0 radical (unpaired) electrons. The molecule has 1 heterocycles. The fourth-order valence-corrected chi connectivity index (χ4v) is 3.00. The molecular weight excluding hydrogens is 350 g/mol. The Morgan fingerprint density at radius 2 is 2.09 bits per heavy atom. The highest BCUT2D eigenvalue weighted by Crippen LogP contribution is 2.26. The predicted molar refractivity (Wildman–Crippen MR) is 90.8 cm³/mol. The molecule has 0 bridgehead atoms. The van der Waals surface area contributed by atoms with Gasteiger partial charge in [0.15, 0.2) is 0 Å². The van der Waals surface area contributed by atoms with Gasteiger partial charge >= 0.3 is 0 Å². The van der Waals surface area contributed by atoms with Gasteiger partial charge in [-0.3, -0.25) is 4.79 Å². The average Bonchev–Trinajstić information content (AvgIpc) is 2.93. The fourth-order valence-electron chi connectivity index (χ4n) is 2.54. The zero-order chi connectivity index (χ0) is 15.6. The molecule has 7 heteroatoms. The molecular formula is C15H20Cl3FN2O. The number of amides is 1. The van der Waals surface area contributed by atoms with Crippen LogP contribution in [0, 0.1) is 11.7 Å². The second-order valence-electron chi connectivity index (χ2n) is 5.74. The molecule has 1 fully saturated rings. The van der Waals surface area contributed by atoms with Gasteiger partial charge in [-0.05, 0) is 31.0 Å². The highest BCUT2D eigenvalue weighted by Gasteiger charge is 2.29. The number of rotatable bonds is 4. The van der Waals surface area contributed by atoms with Gasteiger partial charge in [0.1, 0.15) is 5.82 Å². The Bertz CT molecular complexity index is 534. The molecule has 1 atom stereocenters. The average molecular weight is 370 g/mol. The van der Waals surface area contributed by atoms with Crippen LogP contribution in [-0.2, 0) is 0 Å². The smallest absolute Gasteiger partial charge is 0.255 e. The summed E-state index contributed by atoms with van der Waals surface area (Å²) in [6.07, 6.45) is 0.895. The van der Waals surface area contributed by atoms with E-state index >= 15 is 0 Å². The third-order valence-electron chi connectivity index (χ3n) is 3.54. The SMILES string of the molecule is CC(C)CN(C(=O)c1cc(F)c(Cl)cc1Cl)C1CCNC1.Cl. The number of halogens is 4. The van der Waals surface area contributed by atoms with Crippen molar-refractivity contribution < 1.29 is 9.18 Å². The molecule has 22 heavy (non-hydrogen) atoms. The standard InChI is InChI=1S/C15H19Cl2FN2O.ClH/c1-9(2)8-20(10-3-4-19-7-10)15(21)11-5-14(18)13(17)6-12(11)16;/h5-6,9-10,19H,3-4,7-8H2,1-2H3;1H. The summed E-state index contributed by atoms with van der Waals surface area (Å²) >= 11 is 11.8. The first-order chi connectivity index (χ1) is 9.90. The van der Waals surface area contributed by atoms with Crippen molar-refractivity contribution in [1.82, 2.24) is 10.2 Å². The second kappa shape index (κ2) is 8.34. The van der Waals surface area contributed by atoms with E-state index in [-0.39, 0.29) is 40.0 Å². The third-order valence-corrected chi connectivity index (χ3v) is 4.14. The number of benzene rings is 1. The van der Waals surface area contributed by atoms with Gasteiger partial charge in [-0.1, -0.05) is 37.0 Å². The van der Waals surface area contributed by atoms with E-state index in [1.54, 1.807) is 4.90 Å². The maximum atomic E-state index is 13.6. The molecule has 1 N–H and O–H groups in total. The van der Waals surface area contributed by atoms with E-state index in [4.69, 9.17) is 23.2 Å². The Balaban J connectivity index is 0.00000242. The number of hydrogen-bond donors (Lipinski definition) is 1. The Morgan fingerprint density at radius 3 is 2.64 bits per heavy atom. The summed E-state index contributed by atoms with van der Waals surface area (Å²) in [6, 6.07) is 2.53. The lowest BCUT2D eigenvalue weighted by Gasteiger charge is -2.30. The molecule has 1 aromatic rings. The van der Waals surface area contributed by atoms with E-state index < -0.39 is 5.82 Å². The Labute approximate surface area is 146 Å². The molecule has 1 aromatic carbocycles. The zero-order valence-electron chi connectivity index (χ0n) is 12.5. The number of carbonyl (C=O) groups excluding carboxylic acids is 1. The Kier molecular flexibility index (Phi) is 7.39. The summed E-state index contributed by atoms with van der Waals surface area (Å²) in [5.74, 6) is -0.540. The van der Waals surface area contributed by atoms with Crippen molar-refractivity contribution in [1.29, 1.82) is 0 Å². The van der Waals surface area contributed by atoms with Crippen molar-refractivity contribution in [3.05, 3.63) is 33.6 Å². The molecule has 0 spiro atoms. The van der Waals surface area contributed by atoms with E-state index in [0.717, 1.165) is 25.6 Å². The molecule has 1 aliphatic rings. The van der Waals surface area contributed by atoms with E-state index in [9.17, 15) is 9.18 Å². The fraction of sp³-hybridized carbons (Fsp3) is 0.533. The molecule has 0 saturated carbocycles. The zero-order valence-corrected chi connectivity index (χ0v) is 14.9. The normalized spacial score (nSPS) is 17.5. The minimum Gasteiger partial charge on any atom is -0.334 e. The quantitative estimate of drug-likeness (QED) is 0.813. The van der Waals surface area contributed by atoms with Crippen LogP contribution in [0.5, 0.6) is 0 Å². The lowest BCUT2D eigenvalue weighted by Crippen LogP contribution is -2.43. The highest BCUT2D eigenvalue weighted by molar-refractivity contribution is 6.36. The van der Waals surface area contributed by atoms with Crippen LogP contribution in [0.15, 0.2) is 12.1 Å². The van der Waals surface area contributed by atoms with Crippen molar-refractivity contribution >= 4 is 41.5 Å². The Morgan fingerprint density at radius 1 is 1.41 bits per heavy atom. The van der Waals surface area contributed by atoms with E-state index in [2.05, 4.69) is 5.32 Å². The largest absolute Gasteiger partial charge is 0.334 e. The predicted octanol–water partition coefficient (Wildman–Crippen LogP) is 4.01. The van der Waals surface area contributed by atoms with Crippen LogP contribution >= 0.6 is 35.6 Å². The van der Waals surface area contributed by atoms with Gasteiger partial charge in [-0.2, -0.15) is 0 Å². The lowest BCUT2D eigenvalue weighted by atomic mass is 10.1. The van der Waals surface area contributed by atoms with Crippen LogP contribution in [0.3, 0.4) is 0 Å². The Hall–Kier alpha value is -0.550. The first-order valence-electron chi connectivity index (χ1n) is 7.06. The van der Waals surface area contributed by atoms with Crippen molar-refractivity contribution in [3.8, 4) is 0 Å². The highest BCUT2D eigenvalue weighted by atomic mass is 35.5. The number of carbonyl (C=O) groups is 1. The molecule has 0 aliphatic carbocycles. The summed E-state index contributed by atoms with van der Waals surface area (Å²) in [4.78, 5) is 14.5. The van der Waals surface area contributed by atoms with Crippen LogP contribution in [0.2, 0.25) is 10.0 Å². The topological polar surface area (TPSA) is 32.3 Å². The van der Waals surface area contributed by atoms with E-state index in [0.29, 0.717) is 12.5 Å². The van der Waals surface area contributed by atoms with Crippen LogP contribution in [0.1, 0.15) is 30.6 Å². The van der Waals surface area contributed by atoms with Gasteiger partial charge in [0, 0.05) is 19.1 Å². The van der Waals surface area contributed by atoms with Crippen LogP contribution in [0.25, 0.3) is 0 Å². The minimum atomic E-state index is -0.626. The maximum Gasteiger partial charge on any atom is 0.255 e. The van der Waals surface area contributed by atoms with Crippen LogP contribution < -0.4 is 5.32 Å². The number of nitrogens with one attached hydrogen (secondary N) is 1. The van der Waals surface area contributed by atoms with Crippen molar-refractivity contribution in [3.63, 3.8) is 0 Å². The van der Waals surface area contributed by atoms with Gasteiger partial charge < -0.3 is 10.2 Å². The van der Waals surface area contributed by atoms with Crippen LogP contribution in [0.4, 0.5) is 4.39 Å². The molecule has 3 nitrogen and oxygen atoms in total. The molecule has 1 aliphatic heterocycles. The maximum absolute atomic E-state index is 13.6. The van der Waals surface area contributed by atoms with Gasteiger partial charge in [0.25, 0.3) is 5.91 Å². The van der Waals surface area contributed by atoms with Crippen molar-refractivity contribution in [2.24, 2.45) is 5.92 Å². The first kappa shape index (κ1) is 19.5. The monoisotopic (exact) mass is 368 g/mol. The number of nitrogens with zero attached hydrogens (tertiary/aromatic N) is 1. The van der Waals surface area contributed by atoms with Gasteiger partial charge in [-0.15, -0.1) is 12.4 Å². The van der Waals surface area contributed by atoms with Gasteiger partial charge in [-0.25, -0.2) is 4.39 Å². The summed E-state index contributed by atoms with van der Waals surface area (Å²) in [6.45, 7) is 6.35. The van der Waals surface area contributed by atoms with Gasteiger partial charge in [0.2, 0.25) is 0 Å². The summed E-state index contributed by atoms with van der Waals surface area (Å²) in [5, 5.41) is 3.36. The third kappa shape index (κ3) is 4.48. The summed E-state index contributed by atoms with van der Waals surface area (Å²) in [5.41, 5.74) is 0.172. The van der Waals surface area contributed by atoms with E-state index in [1.807, 2.05) is 13.8 Å². The minimum absolute atomic E-state index is 0. The van der Waals surface area contributed by atoms with Crippen molar-refractivity contribution in [2.45, 2.75) is 26.3 Å². The first-order valence-corrected chi connectivity index (χ1v) is 7.82. The molecule has 2 rings (SSSR count). The second-order valence-corrected chi connectivity index (χ2v) is 6.56. The van der Waals surface area contributed by atoms with Gasteiger partial charge in [0.05, 0.1) is 15.6 Å². The molecule has 0 aromatic heterocycles. The van der Waals surface area contributed by atoms with E-state index in [1.165, 1.54) is 6.07 Å². The summed E-state index contributed by atoms with van der Waals surface area (Å²) < 4.78 is 13.6. The van der Waals surface area contributed by atoms with Crippen LogP contribution in [-0.4, -0.2) is 36.5 Å². The lowest BCUT2D eigenvalue weighted by molar-refractivity contribution is 0.0667. The number of hydrogen-bond acceptors (Lipinski definition) is 2. The molecule has 1 saturated heterocycles.